The summed E-state index contributed by atoms with van der Waals surface area (Å²) >= 11 is 0. The van der Waals surface area contributed by atoms with E-state index in [1.54, 1.807) is 48.5 Å². The molecule has 18 heavy (non-hydrogen) atoms. The Morgan fingerprint density at radius 2 is 0.778 bits per heavy atom. The number of carbonyl (C=O) groups excluding carboxylic acids is 2. The molecule has 4 heteroatoms. The van der Waals surface area contributed by atoms with Crippen LogP contribution in [0.4, 0.5) is 0 Å². The Balaban J connectivity index is 0.000000810. The predicted octanol–water partition coefficient (Wildman–Crippen LogP) is 1.26. The molecular formula is C14H10NaO3. The summed E-state index contributed by atoms with van der Waals surface area (Å²) in [5.41, 5.74) is 2.02. The molecule has 0 saturated heterocycles. The fourth-order valence-electron chi connectivity index (χ4n) is 2.05. The van der Waals surface area contributed by atoms with Crippen molar-refractivity contribution in [2.75, 3.05) is 0 Å². The third-order valence-corrected chi connectivity index (χ3v) is 2.83. The van der Waals surface area contributed by atoms with Crippen LogP contribution in [0.2, 0.25) is 0 Å². The number of hydrogen-bond acceptors (Lipinski definition) is 2. The van der Waals surface area contributed by atoms with E-state index >= 15 is 0 Å². The van der Waals surface area contributed by atoms with Crippen molar-refractivity contribution in [1.82, 2.24) is 0 Å². The zero-order chi connectivity index (χ0) is 11.1. The molecule has 0 atom stereocenters. The van der Waals surface area contributed by atoms with Gasteiger partial charge < -0.3 is 5.48 Å². The summed E-state index contributed by atoms with van der Waals surface area (Å²) in [6.45, 7) is 0. The van der Waals surface area contributed by atoms with E-state index in [1.165, 1.54) is 0 Å². The van der Waals surface area contributed by atoms with E-state index in [-0.39, 0.29) is 46.6 Å². The van der Waals surface area contributed by atoms with E-state index in [2.05, 4.69) is 0 Å². The molecule has 1 aliphatic rings. The molecule has 2 aromatic rings. The van der Waals surface area contributed by atoms with Gasteiger partial charge in [0.25, 0.3) is 0 Å². The average Bonchev–Trinajstić information content (AvgIpc) is 2.36. The van der Waals surface area contributed by atoms with Gasteiger partial charge in [0.05, 0.1) is 0 Å². The van der Waals surface area contributed by atoms with E-state index < -0.39 is 0 Å². The number of ketones is 2. The van der Waals surface area contributed by atoms with Crippen molar-refractivity contribution >= 4 is 41.1 Å². The maximum absolute atomic E-state index is 12.1. The zero-order valence-electron chi connectivity index (χ0n) is 9.94. The summed E-state index contributed by atoms with van der Waals surface area (Å²) in [4.78, 5) is 24.2. The van der Waals surface area contributed by atoms with Gasteiger partial charge in [-0.05, 0) is 0 Å². The summed E-state index contributed by atoms with van der Waals surface area (Å²) in [5, 5.41) is 0. The monoisotopic (exact) mass is 249 g/mol. The normalized spacial score (nSPS) is 11.8. The van der Waals surface area contributed by atoms with Gasteiger partial charge in [0, 0.05) is 51.8 Å². The summed E-state index contributed by atoms with van der Waals surface area (Å²) in [6, 6.07) is 13.9. The smallest absolute Gasteiger partial charge is 0.194 e. The second-order valence-corrected chi connectivity index (χ2v) is 3.75. The quantitative estimate of drug-likeness (QED) is 0.563. The molecule has 0 aromatic heterocycles. The van der Waals surface area contributed by atoms with E-state index in [0.717, 1.165) is 0 Å². The van der Waals surface area contributed by atoms with Crippen molar-refractivity contribution in [3.8, 4) is 0 Å². The molecule has 0 bridgehead atoms. The largest absolute Gasteiger partial charge is 0.412 e. The van der Waals surface area contributed by atoms with Crippen molar-refractivity contribution in [3.05, 3.63) is 70.8 Å². The predicted molar refractivity (Wildman–Crippen MR) is 69.1 cm³/mol. The van der Waals surface area contributed by atoms with Crippen molar-refractivity contribution in [2.24, 2.45) is 0 Å². The topological polar surface area (TPSA) is 65.6 Å². The minimum absolute atomic E-state index is 0. The first kappa shape index (κ1) is 14.8. The molecule has 85 valence electrons. The van der Waals surface area contributed by atoms with Crippen LogP contribution in [0.25, 0.3) is 0 Å². The Bertz CT molecular complexity index is 514. The molecule has 3 nitrogen and oxygen atoms in total. The molecule has 0 aliphatic heterocycles. The molecule has 0 saturated carbocycles. The maximum Gasteiger partial charge on any atom is 0.194 e. The Morgan fingerprint density at radius 1 is 0.556 bits per heavy atom. The van der Waals surface area contributed by atoms with Crippen LogP contribution in [0.3, 0.4) is 0 Å². The Labute approximate surface area is 126 Å². The van der Waals surface area contributed by atoms with Gasteiger partial charge in [0.1, 0.15) is 0 Å². The molecule has 0 spiro atoms. The molecular weight excluding hydrogens is 239 g/mol. The maximum atomic E-state index is 12.1. The second-order valence-electron chi connectivity index (χ2n) is 3.75. The number of carbonyl (C=O) groups is 2. The fourth-order valence-corrected chi connectivity index (χ4v) is 2.05. The second kappa shape index (κ2) is 5.59. The van der Waals surface area contributed by atoms with Gasteiger partial charge in [-0.15, -0.1) is 0 Å². The first-order valence-corrected chi connectivity index (χ1v) is 5.06. The third kappa shape index (κ3) is 2.06. The van der Waals surface area contributed by atoms with Gasteiger partial charge in [-0.2, -0.15) is 0 Å². The average molecular weight is 249 g/mol. The van der Waals surface area contributed by atoms with E-state index in [9.17, 15) is 9.59 Å². The molecule has 2 N–H and O–H groups in total. The van der Waals surface area contributed by atoms with Gasteiger partial charge in [-0.25, -0.2) is 0 Å². The zero-order valence-corrected chi connectivity index (χ0v) is 11.9. The van der Waals surface area contributed by atoms with Crippen LogP contribution < -0.4 is 0 Å². The van der Waals surface area contributed by atoms with Crippen molar-refractivity contribution < 1.29 is 15.1 Å². The van der Waals surface area contributed by atoms with Crippen LogP contribution >= 0.6 is 0 Å². The molecule has 3 rings (SSSR count). The van der Waals surface area contributed by atoms with Gasteiger partial charge in [0.15, 0.2) is 11.6 Å². The van der Waals surface area contributed by atoms with E-state index in [0.29, 0.717) is 22.3 Å². The summed E-state index contributed by atoms with van der Waals surface area (Å²) < 4.78 is 0. The summed E-state index contributed by atoms with van der Waals surface area (Å²) in [5.74, 6) is -0.128. The Morgan fingerprint density at radius 3 is 1.00 bits per heavy atom. The van der Waals surface area contributed by atoms with Gasteiger partial charge >= 0.3 is 0 Å². The molecule has 0 fully saturated rings. The third-order valence-electron chi connectivity index (χ3n) is 2.83. The Hall–Kier alpha value is -1.26. The fraction of sp³-hybridized carbons (Fsp3) is 0. The van der Waals surface area contributed by atoms with Crippen LogP contribution in [-0.4, -0.2) is 46.6 Å². The van der Waals surface area contributed by atoms with Gasteiger partial charge in [-0.3, -0.25) is 9.59 Å². The number of fused-ring (bicyclic) bond motifs is 2. The van der Waals surface area contributed by atoms with Gasteiger partial charge in [-0.1, -0.05) is 48.5 Å². The van der Waals surface area contributed by atoms with Crippen LogP contribution in [0.15, 0.2) is 48.5 Å². The molecule has 0 unspecified atom stereocenters. The van der Waals surface area contributed by atoms with Crippen molar-refractivity contribution in [1.29, 1.82) is 0 Å². The number of hydrogen-bond donors (Lipinski definition) is 0. The molecule has 1 aliphatic carbocycles. The Kier molecular flexibility index (Phi) is 4.59. The first-order valence-electron chi connectivity index (χ1n) is 5.06. The van der Waals surface area contributed by atoms with Gasteiger partial charge in [0.2, 0.25) is 0 Å². The van der Waals surface area contributed by atoms with Crippen molar-refractivity contribution in [2.45, 2.75) is 0 Å². The van der Waals surface area contributed by atoms with Crippen LogP contribution in [0, 0.1) is 0 Å². The van der Waals surface area contributed by atoms with Crippen molar-refractivity contribution in [3.63, 3.8) is 0 Å². The van der Waals surface area contributed by atoms with Crippen LogP contribution in [0.5, 0.6) is 0 Å². The van der Waals surface area contributed by atoms with E-state index in [4.69, 9.17) is 0 Å². The van der Waals surface area contributed by atoms with Crippen LogP contribution in [0.1, 0.15) is 31.8 Å². The van der Waals surface area contributed by atoms with E-state index in [1.807, 2.05) is 0 Å². The summed E-state index contributed by atoms with van der Waals surface area (Å²) in [7, 11) is 0. The molecule has 0 heterocycles. The first-order chi connectivity index (χ1) is 7.79. The standard InChI is InChI=1S/C14H8O2.Na.H2O/c15-13-9-5-1-2-6-10(9)14(16)12-8-4-3-7-11(12)13;;/h1-8H;;1H2. The molecule has 2 aromatic carbocycles. The minimum Gasteiger partial charge on any atom is -0.412 e. The number of rotatable bonds is 0. The summed E-state index contributed by atoms with van der Waals surface area (Å²) in [6.07, 6.45) is 0. The molecule has 1 radical (unpaired) electrons. The molecule has 0 amide bonds. The number of benzene rings is 2. The van der Waals surface area contributed by atoms with Crippen LogP contribution in [-0.2, 0) is 0 Å². The SMILES string of the molecule is O.O=C1c2ccccc2C(=O)c2ccccc21.[Na]. The minimum atomic E-state index is -0.0641.